The molecule has 114 valence electrons. The van der Waals surface area contributed by atoms with Crippen LogP contribution in [0.3, 0.4) is 0 Å². The summed E-state index contributed by atoms with van der Waals surface area (Å²) in [4.78, 5) is 0. The highest BCUT2D eigenvalue weighted by Gasteiger charge is 2.22. The van der Waals surface area contributed by atoms with E-state index in [1.54, 1.807) is 0 Å². The summed E-state index contributed by atoms with van der Waals surface area (Å²) in [5.74, 6) is 1.68. The van der Waals surface area contributed by atoms with Gasteiger partial charge in [-0.25, -0.2) is 0 Å². The van der Waals surface area contributed by atoms with Gasteiger partial charge in [0.25, 0.3) is 0 Å². The molecule has 0 spiro atoms. The lowest BCUT2D eigenvalue weighted by atomic mass is 9.82. The second-order valence-corrected chi connectivity index (χ2v) is 6.87. The van der Waals surface area contributed by atoms with Crippen molar-refractivity contribution in [2.45, 2.75) is 59.8 Å². The van der Waals surface area contributed by atoms with Crippen molar-refractivity contribution in [3.8, 4) is 5.75 Å². The molecule has 2 heteroatoms. The number of benzene rings is 1. The fraction of sp³-hybridized carbons (Fsp3) is 0.667. The predicted molar refractivity (Wildman–Crippen MR) is 87.6 cm³/mol. The van der Waals surface area contributed by atoms with Gasteiger partial charge in [-0.2, -0.15) is 0 Å². The molecule has 1 aromatic carbocycles. The molecular formula is C18H31NO. The highest BCUT2D eigenvalue weighted by atomic mass is 16.5. The number of ether oxygens (including phenoxy) is 1. The predicted octanol–water partition coefficient (Wildman–Crippen LogP) is 4.22. The Hall–Kier alpha value is -1.02. The van der Waals surface area contributed by atoms with Gasteiger partial charge in [0.05, 0.1) is 6.61 Å². The van der Waals surface area contributed by atoms with Crippen molar-refractivity contribution in [3.05, 3.63) is 28.8 Å². The molecule has 0 heterocycles. The van der Waals surface area contributed by atoms with E-state index in [2.05, 4.69) is 53.7 Å². The molecule has 1 aromatic rings. The monoisotopic (exact) mass is 277 g/mol. The number of rotatable bonds is 6. The van der Waals surface area contributed by atoms with Gasteiger partial charge in [-0.1, -0.05) is 45.4 Å². The van der Waals surface area contributed by atoms with Gasteiger partial charge in [0, 0.05) is 5.56 Å². The minimum absolute atomic E-state index is 0.0996. The molecule has 0 saturated heterocycles. The van der Waals surface area contributed by atoms with Gasteiger partial charge in [-0.05, 0) is 50.1 Å². The summed E-state index contributed by atoms with van der Waals surface area (Å²) in [6, 6.07) is 4.54. The Kier molecular flexibility index (Phi) is 6.07. The summed E-state index contributed by atoms with van der Waals surface area (Å²) in [5.41, 5.74) is 9.74. The van der Waals surface area contributed by atoms with E-state index in [0.29, 0.717) is 12.5 Å². The van der Waals surface area contributed by atoms with E-state index < -0.39 is 0 Å². The minimum atomic E-state index is 0.0996. The van der Waals surface area contributed by atoms with Crippen molar-refractivity contribution < 1.29 is 4.74 Å². The SMILES string of the molecule is CCOc1c(CC(C)CCN)cc(C)cc1C(C)(C)C. The second-order valence-electron chi connectivity index (χ2n) is 6.87. The average molecular weight is 277 g/mol. The molecule has 0 radical (unpaired) electrons. The quantitative estimate of drug-likeness (QED) is 0.845. The van der Waals surface area contributed by atoms with Crippen molar-refractivity contribution >= 4 is 0 Å². The molecule has 1 unspecified atom stereocenters. The smallest absolute Gasteiger partial charge is 0.126 e. The first-order chi connectivity index (χ1) is 9.29. The van der Waals surface area contributed by atoms with Crippen molar-refractivity contribution in [1.82, 2.24) is 0 Å². The molecule has 0 bridgehead atoms. The van der Waals surface area contributed by atoms with Crippen LogP contribution in [0.4, 0.5) is 0 Å². The third-order valence-electron chi connectivity index (χ3n) is 3.63. The lowest BCUT2D eigenvalue weighted by molar-refractivity contribution is 0.323. The zero-order valence-corrected chi connectivity index (χ0v) is 14.0. The normalized spacial score (nSPS) is 13.3. The maximum Gasteiger partial charge on any atom is 0.126 e. The number of nitrogens with two attached hydrogens (primary N) is 1. The summed E-state index contributed by atoms with van der Waals surface area (Å²) >= 11 is 0. The Morgan fingerprint density at radius 3 is 2.40 bits per heavy atom. The summed E-state index contributed by atoms with van der Waals surface area (Å²) in [6.07, 6.45) is 2.10. The molecular weight excluding hydrogens is 246 g/mol. The van der Waals surface area contributed by atoms with E-state index in [1.165, 1.54) is 16.7 Å². The third kappa shape index (κ3) is 4.52. The second kappa shape index (κ2) is 7.12. The maximum absolute atomic E-state index is 6.00. The fourth-order valence-corrected chi connectivity index (χ4v) is 2.63. The van der Waals surface area contributed by atoms with Crippen molar-refractivity contribution in [1.29, 1.82) is 0 Å². The number of hydrogen-bond acceptors (Lipinski definition) is 2. The maximum atomic E-state index is 6.00. The Morgan fingerprint density at radius 2 is 1.90 bits per heavy atom. The van der Waals surface area contributed by atoms with Crippen LogP contribution < -0.4 is 10.5 Å². The van der Waals surface area contributed by atoms with E-state index in [4.69, 9.17) is 10.5 Å². The Morgan fingerprint density at radius 1 is 1.25 bits per heavy atom. The van der Waals surface area contributed by atoms with Crippen LogP contribution >= 0.6 is 0 Å². The Labute approximate surface area is 124 Å². The van der Waals surface area contributed by atoms with Gasteiger partial charge >= 0.3 is 0 Å². The first-order valence-electron chi connectivity index (χ1n) is 7.76. The molecule has 0 aliphatic rings. The van der Waals surface area contributed by atoms with Crippen molar-refractivity contribution in [2.24, 2.45) is 11.7 Å². The topological polar surface area (TPSA) is 35.2 Å². The molecule has 0 aliphatic heterocycles. The van der Waals surface area contributed by atoms with Crippen molar-refractivity contribution in [3.63, 3.8) is 0 Å². The molecule has 1 atom stereocenters. The first kappa shape index (κ1) is 17.0. The van der Waals surface area contributed by atoms with Crippen LogP contribution in [0, 0.1) is 12.8 Å². The van der Waals surface area contributed by atoms with Gasteiger partial charge in [0.1, 0.15) is 5.75 Å². The zero-order valence-electron chi connectivity index (χ0n) is 14.0. The molecule has 2 nitrogen and oxygen atoms in total. The van der Waals surface area contributed by atoms with Crippen LogP contribution in [-0.4, -0.2) is 13.2 Å². The van der Waals surface area contributed by atoms with Crippen LogP contribution in [0.25, 0.3) is 0 Å². The van der Waals surface area contributed by atoms with E-state index in [0.717, 1.165) is 25.1 Å². The number of aryl methyl sites for hydroxylation is 1. The summed E-state index contributed by atoms with van der Waals surface area (Å²) in [7, 11) is 0. The summed E-state index contributed by atoms with van der Waals surface area (Å²) in [6.45, 7) is 14.7. The molecule has 0 amide bonds. The molecule has 2 N–H and O–H groups in total. The van der Waals surface area contributed by atoms with E-state index >= 15 is 0 Å². The lowest BCUT2D eigenvalue weighted by Crippen LogP contribution is -2.16. The Bertz CT molecular complexity index is 432. The van der Waals surface area contributed by atoms with Gasteiger partial charge in [-0.3, -0.25) is 0 Å². The van der Waals surface area contributed by atoms with Crippen LogP contribution in [0.5, 0.6) is 5.75 Å². The van der Waals surface area contributed by atoms with Crippen LogP contribution in [0.1, 0.15) is 57.7 Å². The third-order valence-corrected chi connectivity index (χ3v) is 3.63. The minimum Gasteiger partial charge on any atom is -0.493 e. The molecule has 0 aliphatic carbocycles. The molecule has 0 saturated carbocycles. The van der Waals surface area contributed by atoms with Gasteiger partial charge in [0.2, 0.25) is 0 Å². The fourth-order valence-electron chi connectivity index (χ4n) is 2.63. The van der Waals surface area contributed by atoms with E-state index in [9.17, 15) is 0 Å². The average Bonchev–Trinajstić information content (AvgIpc) is 2.31. The standard InChI is InChI=1S/C18H31NO/c1-7-20-17-15(10-13(2)8-9-19)11-14(3)12-16(17)18(4,5)6/h11-13H,7-10,19H2,1-6H3. The van der Waals surface area contributed by atoms with Crippen LogP contribution in [-0.2, 0) is 11.8 Å². The van der Waals surface area contributed by atoms with Gasteiger partial charge in [0.15, 0.2) is 0 Å². The van der Waals surface area contributed by atoms with Gasteiger partial charge in [-0.15, -0.1) is 0 Å². The van der Waals surface area contributed by atoms with Crippen LogP contribution in [0.2, 0.25) is 0 Å². The number of hydrogen-bond donors (Lipinski definition) is 1. The van der Waals surface area contributed by atoms with E-state index in [-0.39, 0.29) is 5.41 Å². The highest BCUT2D eigenvalue weighted by molar-refractivity contribution is 5.48. The van der Waals surface area contributed by atoms with Crippen LogP contribution in [0.15, 0.2) is 12.1 Å². The molecule has 0 aromatic heterocycles. The largest absolute Gasteiger partial charge is 0.493 e. The molecule has 0 fully saturated rings. The van der Waals surface area contributed by atoms with Gasteiger partial charge < -0.3 is 10.5 Å². The first-order valence-corrected chi connectivity index (χ1v) is 7.76. The highest BCUT2D eigenvalue weighted by Crippen LogP contribution is 2.36. The lowest BCUT2D eigenvalue weighted by Gasteiger charge is -2.26. The summed E-state index contributed by atoms with van der Waals surface area (Å²) < 4.78 is 6.00. The summed E-state index contributed by atoms with van der Waals surface area (Å²) in [5, 5.41) is 0. The molecule has 1 rings (SSSR count). The molecule has 20 heavy (non-hydrogen) atoms. The van der Waals surface area contributed by atoms with E-state index in [1.807, 2.05) is 0 Å². The zero-order chi connectivity index (χ0) is 15.3. The Balaban J connectivity index is 3.23. The van der Waals surface area contributed by atoms with Crippen molar-refractivity contribution in [2.75, 3.05) is 13.2 Å².